The number of hydrogen-bond donors (Lipinski definition) is 3. The van der Waals surface area contributed by atoms with Gasteiger partial charge in [-0.1, -0.05) is 0 Å². The summed E-state index contributed by atoms with van der Waals surface area (Å²) in [4.78, 5) is 13.7. The zero-order valence-electron chi connectivity index (χ0n) is 9.15. The van der Waals surface area contributed by atoms with Crippen molar-refractivity contribution in [2.24, 2.45) is 0 Å². The molecule has 0 radical (unpaired) electrons. The van der Waals surface area contributed by atoms with Gasteiger partial charge in [0.1, 0.15) is 0 Å². The molecule has 1 heterocycles. The number of likely N-dealkylation sites (N-methyl/N-ethyl adjacent to an activating group) is 1. The molecule has 1 aliphatic heterocycles. The highest BCUT2D eigenvalue weighted by Crippen LogP contribution is 2.14. The SMILES string of the molecule is CN1CCCC1C(=O)NCC[C@H](O)CO. The summed E-state index contributed by atoms with van der Waals surface area (Å²) < 4.78 is 0. The molecule has 0 aromatic heterocycles. The number of aliphatic hydroxyl groups is 2. The maximum Gasteiger partial charge on any atom is 0.237 e. The minimum Gasteiger partial charge on any atom is -0.394 e. The first-order valence-corrected chi connectivity index (χ1v) is 5.42. The predicted molar refractivity (Wildman–Crippen MR) is 56.4 cm³/mol. The van der Waals surface area contributed by atoms with Gasteiger partial charge in [-0.2, -0.15) is 0 Å². The summed E-state index contributed by atoms with van der Waals surface area (Å²) in [6, 6.07) is -0.0173. The van der Waals surface area contributed by atoms with E-state index in [-0.39, 0.29) is 18.6 Å². The maximum atomic E-state index is 11.6. The summed E-state index contributed by atoms with van der Waals surface area (Å²) in [5.74, 6) is 0.0279. The molecule has 1 amide bonds. The van der Waals surface area contributed by atoms with Crippen LogP contribution in [0.25, 0.3) is 0 Å². The van der Waals surface area contributed by atoms with E-state index in [0.29, 0.717) is 13.0 Å². The normalized spacial score (nSPS) is 24.1. The van der Waals surface area contributed by atoms with Gasteiger partial charge in [0.25, 0.3) is 0 Å². The Morgan fingerprint density at radius 1 is 1.67 bits per heavy atom. The van der Waals surface area contributed by atoms with Gasteiger partial charge in [-0.05, 0) is 32.9 Å². The van der Waals surface area contributed by atoms with E-state index < -0.39 is 6.10 Å². The van der Waals surface area contributed by atoms with E-state index in [4.69, 9.17) is 10.2 Å². The van der Waals surface area contributed by atoms with E-state index in [2.05, 4.69) is 5.32 Å². The molecule has 1 rings (SSSR count). The van der Waals surface area contributed by atoms with E-state index in [0.717, 1.165) is 19.4 Å². The van der Waals surface area contributed by atoms with Crippen LogP contribution in [-0.2, 0) is 4.79 Å². The summed E-state index contributed by atoms with van der Waals surface area (Å²) in [5.41, 5.74) is 0. The van der Waals surface area contributed by atoms with Gasteiger partial charge in [-0.3, -0.25) is 9.69 Å². The van der Waals surface area contributed by atoms with Crippen molar-refractivity contribution in [1.82, 2.24) is 10.2 Å². The van der Waals surface area contributed by atoms with Crippen molar-refractivity contribution in [2.45, 2.75) is 31.4 Å². The monoisotopic (exact) mass is 216 g/mol. The standard InChI is InChI=1S/C10H20N2O3/c1-12-6-2-3-9(12)10(15)11-5-4-8(14)7-13/h8-9,13-14H,2-7H2,1H3,(H,11,15)/t8-,9?/m0/s1. The number of aliphatic hydroxyl groups excluding tert-OH is 2. The fourth-order valence-electron chi connectivity index (χ4n) is 1.81. The van der Waals surface area contributed by atoms with Crippen LogP contribution < -0.4 is 5.32 Å². The molecular weight excluding hydrogens is 196 g/mol. The summed E-state index contributed by atoms with van der Waals surface area (Å²) in [6.07, 6.45) is 1.64. The largest absolute Gasteiger partial charge is 0.394 e. The lowest BCUT2D eigenvalue weighted by atomic mass is 10.2. The molecule has 1 saturated heterocycles. The summed E-state index contributed by atoms with van der Waals surface area (Å²) in [6.45, 7) is 1.14. The van der Waals surface area contributed by atoms with Crippen LogP contribution in [0, 0.1) is 0 Å². The van der Waals surface area contributed by atoms with Crippen LogP contribution in [0.4, 0.5) is 0 Å². The van der Waals surface area contributed by atoms with Gasteiger partial charge in [-0.15, -0.1) is 0 Å². The molecule has 1 aliphatic rings. The fourth-order valence-corrected chi connectivity index (χ4v) is 1.81. The number of carbonyl (C=O) groups is 1. The third kappa shape index (κ3) is 3.77. The van der Waals surface area contributed by atoms with Crippen LogP contribution in [0.2, 0.25) is 0 Å². The van der Waals surface area contributed by atoms with Crippen molar-refractivity contribution in [1.29, 1.82) is 0 Å². The maximum absolute atomic E-state index is 11.6. The highest BCUT2D eigenvalue weighted by atomic mass is 16.3. The highest BCUT2D eigenvalue weighted by molar-refractivity contribution is 5.81. The lowest BCUT2D eigenvalue weighted by Crippen LogP contribution is -2.42. The number of nitrogens with zero attached hydrogens (tertiary/aromatic N) is 1. The molecule has 3 N–H and O–H groups in total. The smallest absolute Gasteiger partial charge is 0.237 e. The quantitative estimate of drug-likeness (QED) is 0.548. The predicted octanol–water partition coefficient (Wildman–Crippen LogP) is -1.06. The lowest BCUT2D eigenvalue weighted by molar-refractivity contribution is -0.125. The molecule has 0 aliphatic carbocycles. The number of hydrogen-bond acceptors (Lipinski definition) is 4. The van der Waals surface area contributed by atoms with Crippen LogP contribution in [0.3, 0.4) is 0 Å². The highest BCUT2D eigenvalue weighted by Gasteiger charge is 2.27. The van der Waals surface area contributed by atoms with Crippen molar-refractivity contribution < 1.29 is 15.0 Å². The fraction of sp³-hybridized carbons (Fsp3) is 0.900. The first-order chi connectivity index (χ1) is 7.15. The van der Waals surface area contributed by atoms with Crippen LogP contribution in [0.1, 0.15) is 19.3 Å². The molecule has 0 saturated carbocycles. The van der Waals surface area contributed by atoms with Gasteiger partial charge < -0.3 is 15.5 Å². The first-order valence-electron chi connectivity index (χ1n) is 5.42. The van der Waals surface area contributed by atoms with E-state index in [1.54, 1.807) is 0 Å². The Bertz CT molecular complexity index is 211. The van der Waals surface area contributed by atoms with E-state index >= 15 is 0 Å². The van der Waals surface area contributed by atoms with E-state index in [9.17, 15) is 4.79 Å². The average molecular weight is 216 g/mol. The van der Waals surface area contributed by atoms with Gasteiger partial charge >= 0.3 is 0 Å². The number of rotatable bonds is 5. The second kappa shape index (κ2) is 6.05. The van der Waals surface area contributed by atoms with E-state index in [1.165, 1.54) is 0 Å². The van der Waals surface area contributed by atoms with Crippen LogP contribution in [0.15, 0.2) is 0 Å². The van der Waals surface area contributed by atoms with Crippen LogP contribution in [0.5, 0.6) is 0 Å². The third-order valence-electron chi connectivity index (χ3n) is 2.81. The Morgan fingerprint density at radius 2 is 2.40 bits per heavy atom. The second-order valence-corrected chi connectivity index (χ2v) is 4.05. The van der Waals surface area contributed by atoms with Crippen LogP contribution in [-0.4, -0.2) is 59.9 Å². The molecule has 1 unspecified atom stereocenters. The summed E-state index contributed by atoms with van der Waals surface area (Å²) >= 11 is 0. The Labute approximate surface area is 90.1 Å². The second-order valence-electron chi connectivity index (χ2n) is 4.05. The summed E-state index contributed by atoms with van der Waals surface area (Å²) in [7, 11) is 1.94. The van der Waals surface area contributed by atoms with Crippen molar-refractivity contribution in [2.75, 3.05) is 26.7 Å². The number of carbonyl (C=O) groups excluding carboxylic acids is 1. The molecule has 15 heavy (non-hydrogen) atoms. The van der Waals surface area contributed by atoms with Gasteiger partial charge in [0.2, 0.25) is 5.91 Å². The average Bonchev–Trinajstić information content (AvgIpc) is 2.64. The molecule has 0 aromatic carbocycles. The van der Waals surface area contributed by atoms with Crippen molar-refractivity contribution in [3.8, 4) is 0 Å². The number of nitrogens with one attached hydrogen (secondary N) is 1. The molecular formula is C10H20N2O3. The minimum absolute atomic E-state index is 0.0173. The number of amides is 1. The van der Waals surface area contributed by atoms with Crippen molar-refractivity contribution in [3.63, 3.8) is 0 Å². The van der Waals surface area contributed by atoms with E-state index in [1.807, 2.05) is 11.9 Å². The van der Waals surface area contributed by atoms with Gasteiger partial charge in [0, 0.05) is 6.54 Å². The van der Waals surface area contributed by atoms with Gasteiger partial charge in [0.05, 0.1) is 18.8 Å². The topological polar surface area (TPSA) is 72.8 Å². The zero-order chi connectivity index (χ0) is 11.3. The zero-order valence-corrected chi connectivity index (χ0v) is 9.15. The minimum atomic E-state index is -0.730. The molecule has 2 atom stereocenters. The van der Waals surface area contributed by atoms with Gasteiger partial charge in [-0.25, -0.2) is 0 Å². The third-order valence-corrected chi connectivity index (χ3v) is 2.81. The molecule has 5 heteroatoms. The molecule has 88 valence electrons. The number of likely N-dealkylation sites (tertiary alicyclic amines) is 1. The molecule has 0 aromatic rings. The first kappa shape index (κ1) is 12.4. The Balaban J connectivity index is 2.18. The van der Waals surface area contributed by atoms with Crippen molar-refractivity contribution >= 4 is 5.91 Å². The Morgan fingerprint density at radius 3 is 2.93 bits per heavy atom. The summed E-state index contributed by atoms with van der Waals surface area (Å²) in [5, 5.41) is 20.4. The van der Waals surface area contributed by atoms with Gasteiger partial charge in [0.15, 0.2) is 0 Å². The molecule has 0 bridgehead atoms. The molecule has 5 nitrogen and oxygen atoms in total. The van der Waals surface area contributed by atoms with Crippen LogP contribution >= 0.6 is 0 Å². The molecule has 1 fully saturated rings. The van der Waals surface area contributed by atoms with Crippen molar-refractivity contribution in [3.05, 3.63) is 0 Å². The molecule has 0 spiro atoms. The lowest BCUT2D eigenvalue weighted by Gasteiger charge is -2.18. The Hall–Kier alpha value is -0.650. The Kier molecular flexibility index (Phi) is 5.01.